The van der Waals surface area contributed by atoms with E-state index in [1.54, 1.807) is 0 Å². The van der Waals surface area contributed by atoms with Gasteiger partial charge in [0.15, 0.2) is 0 Å². The van der Waals surface area contributed by atoms with Crippen LogP contribution in [0.15, 0.2) is 0 Å². The van der Waals surface area contributed by atoms with Gasteiger partial charge in [-0.3, -0.25) is 4.79 Å². The summed E-state index contributed by atoms with van der Waals surface area (Å²) in [4.78, 5) is 14.1. The predicted octanol–water partition coefficient (Wildman–Crippen LogP) is 1.53. The molecule has 0 aromatic carbocycles. The van der Waals surface area contributed by atoms with Gasteiger partial charge in [0.25, 0.3) is 0 Å². The lowest BCUT2D eigenvalue weighted by molar-refractivity contribution is -0.128. The number of hydrogen-bond acceptors (Lipinski definition) is 3. The monoisotopic (exact) mass is 249 g/mol. The minimum absolute atomic E-state index is 0.221. The number of nitriles is 1. The topological polar surface area (TPSA) is 56.1 Å². The van der Waals surface area contributed by atoms with E-state index in [4.69, 9.17) is 5.26 Å². The summed E-state index contributed by atoms with van der Waals surface area (Å²) >= 11 is 0. The van der Waals surface area contributed by atoms with E-state index in [1.165, 1.54) is 0 Å². The zero-order chi connectivity index (χ0) is 13.2. The highest BCUT2D eigenvalue weighted by Gasteiger charge is 2.43. The average molecular weight is 249 g/mol. The molecule has 0 saturated carbocycles. The van der Waals surface area contributed by atoms with Crippen molar-refractivity contribution in [3.05, 3.63) is 0 Å². The summed E-state index contributed by atoms with van der Waals surface area (Å²) in [7, 11) is 0. The summed E-state index contributed by atoms with van der Waals surface area (Å²) in [6, 6.07) is 2.30. The van der Waals surface area contributed by atoms with Gasteiger partial charge in [0, 0.05) is 19.5 Å². The second-order valence-corrected chi connectivity index (χ2v) is 6.49. The van der Waals surface area contributed by atoms with Crippen LogP contribution in [0.2, 0.25) is 0 Å². The fourth-order valence-electron chi connectivity index (χ4n) is 2.95. The van der Waals surface area contributed by atoms with E-state index in [-0.39, 0.29) is 16.7 Å². The van der Waals surface area contributed by atoms with Crippen LogP contribution >= 0.6 is 0 Å². The van der Waals surface area contributed by atoms with Crippen molar-refractivity contribution in [2.24, 2.45) is 10.8 Å². The predicted molar refractivity (Wildman–Crippen MR) is 69.7 cm³/mol. The van der Waals surface area contributed by atoms with Crippen molar-refractivity contribution in [3.8, 4) is 6.07 Å². The van der Waals surface area contributed by atoms with Gasteiger partial charge >= 0.3 is 0 Å². The van der Waals surface area contributed by atoms with Gasteiger partial charge in [-0.25, -0.2) is 0 Å². The number of nitrogens with zero attached hydrogens (tertiary/aromatic N) is 2. The second-order valence-electron chi connectivity index (χ2n) is 6.49. The normalized spacial score (nSPS) is 23.4. The van der Waals surface area contributed by atoms with Crippen molar-refractivity contribution in [3.63, 3.8) is 0 Å². The van der Waals surface area contributed by atoms with Crippen LogP contribution in [-0.2, 0) is 4.79 Å². The van der Waals surface area contributed by atoms with Crippen LogP contribution in [0.3, 0.4) is 0 Å². The largest absolute Gasteiger partial charge is 0.342 e. The van der Waals surface area contributed by atoms with Crippen molar-refractivity contribution in [1.82, 2.24) is 10.2 Å². The van der Waals surface area contributed by atoms with Gasteiger partial charge in [-0.05, 0) is 51.6 Å². The first-order valence-electron chi connectivity index (χ1n) is 6.86. The van der Waals surface area contributed by atoms with Crippen molar-refractivity contribution in [2.75, 3.05) is 26.2 Å². The summed E-state index contributed by atoms with van der Waals surface area (Å²) in [6.07, 6.45) is 3.69. The van der Waals surface area contributed by atoms with Crippen molar-refractivity contribution < 1.29 is 4.79 Å². The van der Waals surface area contributed by atoms with E-state index >= 15 is 0 Å². The van der Waals surface area contributed by atoms with Gasteiger partial charge in [-0.15, -0.1) is 0 Å². The van der Waals surface area contributed by atoms with Crippen molar-refractivity contribution in [1.29, 1.82) is 5.26 Å². The molecule has 2 aliphatic rings. The Bertz CT molecular complexity index is 364. The van der Waals surface area contributed by atoms with Gasteiger partial charge in [-0.2, -0.15) is 5.26 Å². The molecule has 18 heavy (non-hydrogen) atoms. The molecule has 2 aliphatic heterocycles. The molecule has 0 unspecified atom stereocenters. The first kappa shape index (κ1) is 13.4. The molecule has 0 radical (unpaired) electrons. The molecular formula is C14H23N3O. The van der Waals surface area contributed by atoms with Crippen LogP contribution in [0.25, 0.3) is 0 Å². The fraction of sp³-hybridized carbons (Fsp3) is 0.857. The van der Waals surface area contributed by atoms with E-state index in [9.17, 15) is 4.79 Å². The molecule has 100 valence electrons. The molecule has 2 saturated heterocycles. The molecule has 1 amide bonds. The Morgan fingerprint density at radius 3 is 2.72 bits per heavy atom. The molecule has 2 rings (SSSR count). The van der Waals surface area contributed by atoms with E-state index in [1.807, 2.05) is 18.7 Å². The van der Waals surface area contributed by atoms with Crippen molar-refractivity contribution in [2.45, 2.75) is 39.5 Å². The number of carbonyl (C=O) groups excluding carboxylic acids is 1. The third kappa shape index (κ3) is 2.84. The van der Waals surface area contributed by atoms with Crippen LogP contribution < -0.4 is 5.32 Å². The van der Waals surface area contributed by atoms with E-state index in [0.717, 1.165) is 45.4 Å². The standard InChI is InChI=1S/C14H23N3O/c1-13(2,10-15)5-8-17-11-14(9-12(17)18)3-6-16-7-4-14/h16H,3-9,11H2,1-2H3. The number of likely N-dealkylation sites (tertiary alicyclic amines) is 1. The summed E-state index contributed by atoms with van der Waals surface area (Å²) in [5, 5.41) is 12.4. The Balaban J connectivity index is 1.91. The minimum atomic E-state index is -0.329. The van der Waals surface area contributed by atoms with Gasteiger partial charge in [0.1, 0.15) is 0 Å². The summed E-state index contributed by atoms with van der Waals surface area (Å²) in [5.74, 6) is 0.283. The molecule has 1 N–H and O–H groups in total. The molecule has 4 nitrogen and oxygen atoms in total. The van der Waals surface area contributed by atoms with E-state index in [2.05, 4.69) is 11.4 Å². The van der Waals surface area contributed by atoms with E-state index in [0.29, 0.717) is 6.42 Å². The number of hydrogen-bond donors (Lipinski definition) is 1. The number of amides is 1. The lowest BCUT2D eigenvalue weighted by atomic mass is 9.78. The first-order valence-corrected chi connectivity index (χ1v) is 6.86. The highest BCUT2D eigenvalue weighted by atomic mass is 16.2. The quantitative estimate of drug-likeness (QED) is 0.825. The van der Waals surface area contributed by atoms with Gasteiger partial charge < -0.3 is 10.2 Å². The van der Waals surface area contributed by atoms with Crippen LogP contribution in [-0.4, -0.2) is 37.0 Å². The lowest BCUT2D eigenvalue weighted by Crippen LogP contribution is -2.39. The summed E-state index contributed by atoms with van der Waals surface area (Å²) in [5.41, 5.74) is -0.108. The maximum Gasteiger partial charge on any atom is 0.223 e. The SMILES string of the molecule is CC(C)(C#N)CCN1CC2(CCNCC2)CC1=O. The Morgan fingerprint density at radius 1 is 1.44 bits per heavy atom. The van der Waals surface area contributed by atoms with Crippen LogP contribution in [0.4, 0.5) is 0 Å². The smallest absolute Gasteiger partial charge is 0.223 e. The molecule has 2 heterocycles. The Kier molecular flexibility index (Phi) is 3.63. The van der Waals surface area contributed by atoms with Gasteiger partial charge in [0.05, 0.1) is 11.5 Å². The number of nitrogens with one attached hydrogen (secondary N) is 1. The Labute approximate surface area is 109 Å². The maximum atomic E-state index is 12.1. The van der Waals surface area contributed by atoms with Crippen LogP contribution in [0.5, 0.6) is 0 Å². The van der Waals surface area contributed by atoms with Crippen LogP contribution in [0, 0.1) is 22.2 Å². The fourth-order valence-corrected chi connectivity index (χ4v) is 2.95. The first-order chi connectivity index (χ1) is 8.46. The third-order valence-electron chi connectivity index (χ3n) is 4.38. The molecule has 0 aromatic rings. The summed E-state index contributed by atoms with van der Waals surface area (Å²) < 4.78 is 0. The number of carbonyl (C=O) groups is 1. The second kappa shape index (κ2) is 4.89. The van der Waals surface area contributed by atoms with Crippen LogP contribution in [0.1, 0.15) is 39.5 Å². The zero-order valence-corrected chi connectivity index (χ0v) is 11.5. The molecule has 0 aliphatic carbocycles. The average Bonchev–Trinajstić information content (AvgIpc) is 2.64. The molecule has 1 spiro atoms. The number of rotatable bonds is 3. The molecule has 2 fully saturated rings. The maximum absolute atomic E-state index is 12.1. The highest BCUT2D eigenvalue weighted by molar-refractivity contribution is 5.79. The molecule has 0 bridgehead atoms. The highest BCUT2D eigenvalue weighted by Crippen LogP contribution is 2.39. The van der Waals surface area contributed by atoms with Crippen molar-refractivity contribution >= 4 is 5.91 Å². The molecular weight excluding hydrogens is 226 g/mol. The lowest BCUT2D eigenvalue weighted by Gasteiger charge is -2.33. The van der Waals surface area contributed by atoms with E-state index < -0.39 is 0 Å². The minimum Gasteiger partial charge on any atom is -0.342 e. The molecule has 4 heteroatoms. The summed E-state index contributed by atoms with van der Waals surface area (Å²) in [6.45, 7) is 7.57. The Hall–Kier alpha value is -1.08. The van der Waals surface area contributed by atoms with Gasteiger partial charge in [-0.1, -0.05) is 0 Å². The third-order valence-corrected chi connectivity index (χ3v) is 4.38. The zero-order valence-electron chi connectivity index (χ0n) is 11.5. The molecule has 0 atom stereocenters. The molecule has 0 aromatic heterocycles. The number of piperidine rings is 1. The Morgan fingerprint density at radius 2 is 2.11 bits per heavy atom. The van der Waals surface area contributed by atoms with Gasteiger partial charge in [0.2, 0.25) is 5.91 Å².